The average molecular weight is 420 g/mol. The molecule has 0 bridgehead atoms. The van der Waals surface area contributed by atoms with Gasteiger partial charge in [-0.3, -0.25) is 4.79 Å². The molecule has 0 saturated carbocycles. The van der Waals surface area contributed by atoms with Gasteiger partial charge in [-0.1, -0.05) is 58.5 Å². The van der Waals surface area contributed by atoms with Gasteiger partial charge in [-0.05, 0) is 35.4 Å². The molecule has 7 nitrogen and oxygen atoms in total. The lowest BCUT2D eigenvalue weighted by atomic mass is 9.87. The number of carbonyl (C=O) groups excluding carboxylic acids is 2. The Morgan fingerprint density at radius 3 is 2.38 bits per heavy atom. The van der Waals surface area contributed by atoms with E-state index in [0.717, 1.165) is 17.3 Å². The molecule has 1 heterocycles. The van der Waals surface area contributed by atoms with Crippen LogP contribution >= 0.6 is 11.8 Å². The van der Waals surface area contributed by atoms with E-state index in [0.29, 0.717) is 17.5 Å². The normalized spacial score (nSPS) is 12.7. The first kappa shape index (κ1) is 22.9. The van der Waals surface area contributed by atoms with Crippen LogP contribution in [0.1, 0.15) is 46.6 Å². The van der Waals surface area contributed by atoms with Crippen molar-refractivity contribution >= 4 is 23.6 Å². The van der Waals surface area contributed by atoms with Crippen LogP contribution in [0.5, 0.6) is 0 Å². The van der Waals surface area contributed by atoms with Crippen molar-refractivity contribution in [1.82, 2.24) is 15.5 Å². The smallest absolute Gasteiger partial charge is 0.328 e. The summed E-state index contributed by atoms with van der Waals surface area (Å²) in [6, 6.07) is 7.32. The number of thioether (sulfide) groups is 1. The third kappa shape index (κ3) is 6.88. The van der Waals surface area contributed by atoms with Crippen LogP contribution in [0.3, 0.4) is 0 Å². The van der Waals surface area contributed by atoms with Gasteiger partial charge in [-0.2, -0.15) is 0 Å². The van der Waals surface area contributed by atoms with Gasteiger partial charge in [-0.15, -0.1) is 10.2 Å². The molecule has 2 rings (SSSR count). The summed E-state index contributed by atoms with van der Waals surface area (Å²) in [5, 5.41) is 11.0. The molecule has 158 valence electrons. The predicted octanol–water partition coefficient (Wildman–Crippen LogP) is 3.83. The topological polar surface area (TPSA) is 94.3 Å². The lowest BCUT2D eigenvalue weighted by molar-refractivity contribution is -0.145. The Bertz CT molecular complexity index is 825. The molecule has 8 heteroatoms. The molecule has 1 atom stereocenters. The fourth-order valence-corrected chi connectivity index (χ4v) is 3.26. The molecule has 1 aromatic heterocycles. The highest BCUT2D eigenvalue weighted by Crippen LogP contribution is 2.27. The number of amides is 1. The first-order valence-electron chi connectivity index (χ1n) is 9.54. The quantitative estimate of drug-likeness (QED) is 0.513. The number of hydrogen-bond donors (Lipinski definition) is 1. The predicted molar refractivity (Wildman–Crippen MR) is 113 cm³/mol. The highest BCUT2D eigenvalue weighted by Gasteiger charge is 2.23. The highest BCUT2D eigenvalue weighted by atomic mass is 32.2. The Morgan fingerprint density at radius 2 is 1.83 bits per heavy atom. The van der Waals surface area contributed by atoms with Gasteiger partial charge < -0.3 is 14.5 Å². The summed E-state index contributed by atoms with van der Waals surface area (Å²) in [7, 11) is 1.31. The Balaban J connectivity index is 1.94. The van der Waals surface area contributed by atoms with E-state index < -0.39 is 12.0 Å². The number of ether oxygens (including phenoxy) is 1. The Labute approximate surface area is 176 Å². The zero-order chi connectivity index (χ0) is 21.6. The van der Waals surface area contributed by atoms with Crippen molar-refractivity contribution in [2.24, 2.45) is 5.92 Å². The number of methoxy groups -OCH3 is 1. The molecule has 1 aromatic carbocycles. The minimum Gasteiger partial charge on any atom is -0.467 e. The molecule has 0 radical (unpaired) electrons. The van der Waals surface area contributed by atoms with Crippen molar-refractivity contribution in [1.29, 1.82) is 0 Å². The van der Waals surface area contributed by atoms with E-state index in [9.17, 15) is 9.59 Å². The van der Waals surface area contributed by atoms with Crippen LogP contribution in [0.2, 0.25) is 0 Å². The van der Waals surface area contributed by atoms with E-state index in [1.807, 2.05) is 38.1 Å². The Hall–Kier alpha value is -2.35. The monoisotopic (exact) mass is 419 g/mol. The van der Waals surface area contributed by atoms with Crippen molar-refractivity contribution in [3.05, 3.63) is 29.8 Å². The van der Waals surface area contributed by atoms with Gasteiger partial charge in [0.15, 0.2) is 0 Å². The van der Waals surface area contributed by atoms with Crippen molar-refractivity contribution < 1.29 is 18.7 Å². The summed E-state index contributed by atoms with van der Waals surface area (Å²) in [4.78, 5) is 24.0. The molecule has 0 aliphatic carbocycles. The van der Waals surface area contributed by atoms with Crippen LogP contribution in [-0.2, 0) is 19.7 Å². The molecular weight excluding hydrogens is 390 g/mol. The van der Waals surface area contributed by atoms with E-state index in [2.05, 4.69) is 36.3 Å². The Kier molecular flexibility index (Phi) is 7.84. The summed E-state index contributed by atoms with van der Waals surface area (Å²) in [5.41, 5.74) is 2.11. The van der Waals surface area contributed by atoms with Crippen molar-refractivity contribution in [3.63, 3.8) is 0 Å². The molecule has 0 fully saturated rings. The fourth-order valence-electron chi connectivity index (χ4n) is 2.69. The van der Waals surface area contributed by atoms with Crippen molar-refractivity contribution in [3.8, 4) is 11.5 Å². The zero-order valence-electron chi connectivity index (χ0n) is 17.8. The number of aromatic nitrogens is 2. The number of carbonyl (C=O) groups is 2. The van der Waals surface area contributed by atoms with Gasteiger partial charge in [0.25, 0.3) is 5.22 Å². The molecule has 0 spiro atoms. The number of esters is 1. The summed E-state index contributed by atoms with van der Waals surface area (Å²) >= 11 is 1.13. The number of benzene rings is 1. The molecule has 0 unspecified atom stereocenters. The lowest BCUT2D eigenvalue weighted by Crippen LogP contribution is -2.43. The molecular formula is C21H29N3O4S. The van der Waals surface area contributed by atoms with Gasteiger partial charge in [0.1, 0.15) is 6.04 Å². The van der Waals surface area contributed by atoms with Crippen molar-refractivity contribution in [2.75, 3.05) is 12.9 Å². The summed E-state index contributed by atoms with van der Waals surface area (Å²) in [6.45, 7) is 10.4. The lowest BCUT2D eigenvalue weighted by Gasteiger charge is -2.18. The number of nitrogens with one attached hydrogen (secondary N) is 1. The Morgan fingerprint density at radius 1 is 1.17 bits per heavy atom. The average Bonchev–Trinajstić information content (AvgIpc) is 3.13. The first-order chi connectivity index (χ1) is 13.6. The first-order valence-corrected chi connectivity index (χ1v) is 10.5. The molecule has 0 aliphatic rings. The third-order valence-electron chi connectivity index (χ3n) is 4.26. The van der Waals surface area contributed by atoms with Gasteiger partial charge in [0.2, 0.25) is 11.8 Å². The largest absolute Gasteiger partial charge is 0.467 e. The molecule has 0 aliphatic heterocycles. The van der Waals surface area contributed by atoms with Gasteiger partial charge >= 0.3 is 5.97 Å². The van der Waals surface area contributed by atoms with Crippen molar-refractivity contribution in [2.45, 2.75) is 57.7 Å². The van der Waals surface area contributed by atoms with E-state index in [1.54, 1.807) is 0 Å². The van der Waals surface area contributed by atoms with Crippen LogP contribution in [0.15, 0.2) is 33.9 Å². The van der Waals surface area contributed by atoms with E-state index in [4.69, 9.17) is 9.15 Å². The van der Waals surface area contributed by atoms with E-state index in [-0.39, 0.29) is 23.0 Å². The van der Waals surface area contributed by atoms with Crippen LogP contribution < -0.4 is 5.32 Å². The van der Waals surface area contributed by atoms with Crippen LogP contribution in [-0.4, -0.2) is 41.0 Å². The molecule has 1 N–H and O–H groups in total. The fraction of sp³-hybridized carbons (Fsp3) is 0.524. The second kappa shape index (κ2) is 9.91. The van der Waals surface area contributed by atoms with Crippen LogP contribution in [0.25, 0.3) is 11.5 Å². The maximum absolute atomic E-state index is 12.2. The molecule has 0 saturated heterocycles. The zero-order valence-corrected chi connectivity index (χ0v) is 18.6. The standard InChI is InChI=1S/C21H29N3O4S/c1-13(2)11-16(19(26)27-6)22-17(25)12-29-20-24-23-18(28-20)14-7-9-15(10-8-14)21(3,4)5/h7-10,13,16H,11-12H2,1-6H3,(H,22,25)/t16-/m1/s1. The second-order valence-corrected chi connectivity index (χ2v) is 9.19. The number of rotatable bonds is 8. The summed E-state index contributed by atoms with van der Waals surface area (Å²) in [5.74, 6) is -0.0251. The third-order valence-corrected chi connectivity index (χ3v) is 5.08. The minimum absolute atomic E-state index is 0.0657. The maximum Gasteiger partial charge on any atom is 0.328 e. The molecule has 29 heavy (non-hydrogen) atoms. The molecule has 1 amide bonds. The van der Waals surface area contributed by atoms with Crippen LogP contribution in [0.4, 0.5) is 0 Å². The SMILES string of the molecule is COC(=O)[C@@H](CC(C)C)NC(=O)CSc1nnc(-c2ccc(C(C)(C)C)cc2)o1. The number of nitrogens with zero attached hydrogens (tertiary/aromatic N) is 2. The molecule has 2 aromatic rings. The minimum atomic E-state index is -0.660. The van der Waals surface area contributed by atoms with Gasteiger partial charge in [0.05, 0.1) is 12.9 Å². The van der Waals surface area contributed by atoms with Gasteiger partial charge in [-0.25, -0.2) is 4.79 Å². The maximum atomic E-state index is 12.2. The highest BCUT2D eigenvalue weighted by molar-refractivity contribution is 7.99. The van der Waals surface area contributed by atoms with Crippen LogP contribution in [0, 0.1) is 5.92 Å². The van der Waals surface area contributed by atoms with E-state index in [1.165, 1.54) is 12.7 Å². The summed E-state index contributed by atoms with van der Waals surface area (Å²) in [6.07, 6.45) is 0.512. The second-order valence-electron chi connectivity index (χ2n) is 8.26. The number of hydrogen-bond acceptors (Lipinski definition) is 7. The van der Waals surface area contributed by atoms with Gasteiger partial charge in [0, 0.05) is 5.56 Å². The van der Waals surface area contributed by atoms with E-state index >= 15 is 0 Å². The summed E-state index contributed by atoms with van der Waals surface area (Å²) < 4.78 is 10.4.